The Hall–Kier alpha value is 0.0748. The van der Waals surface area contributed by atoms with Gasteiger partial charge in [-0.05, 0) is 0 Å². The minimum absolute atomic E-state index is 0.188. The number of hydrogen-bond acceptors (Lipinski definition) is 3. The van der Waals surface area contributed by atoms with Crippen LogP contribution in [0.2, 0.25) is 6.82 Å². The minimum atomic E-state index is -0.264. The summed E-state index contributed by atoms with van der Waals surface area (Å²) in [5.41, 5.74) is 0. The van der Waals surface area contributed by atoms with E-state index in [1.54, 1.807) is 0 Å². The molecule has 0 amide bonds. The van der Waals surface area contributed by atoms with Gasteiger partial charge in [-0.2, -0.15) is 0 Å². The van der Waals surface area contributed by atoms with E-state index >= 15 is 0 Å². The maximum atomic E-state index is 7.99. The molecule has 0 unspecified atom stereocenters. The van der Waals surface area contributed by atoms with Crippen LogP contribution >= 0.6 is 0 Å². The maximum Gasteiger partial charge on any atom is 0.421 e. The van der Waals surface area contributed by atoms with E-state index in [9.17, 15) is 0 Å². The average Bonchev–Trinajstić information content (AvgIpc) is 1.69. The lowest BCUT2D eigenvalue weighted by molar-refractivity contribution is 0.421. The van der Waals surface area contributed by atoms with Crippen LogP contribution in [0.4, 0.5) is 0 Å². The van der Waals surface area contributed by atoms with Gasteiger partial charge in [0.2, 0.25) is 0 Å². The fraction of sp³-hybridized carbons (Fsp3) is 1.00. The van der Waals surface area contributed by atoms with Crippen LogP contribution in [-0.4, -0.2) is 27.9 Å². The lowest BCUT2D eigenvalue weighted by Gasteiger charge is -1.93. The van der Waals surface area contributed by atoms with E-state index in [1.807, 2.05) is 6.82 Å². The molecule has 0 aliphatic heterocycles. The zero-order valence-corrected chi connectivity index (χ0v) is 4.39. The van der Waals surface area contributed by atoms with Crippen LogP contribution in [0.15, 0.2) is 0 Å². The van der Waals surface area contributed by atoms with Gasteiger partial charge in [0.25, 0.3) is 7.48 Å². The van der Waals surface area contributed by atoms with Crippen molar-refractivity contribution >= 4 is 22.9 Å². The van der Waals surface area contributed by atoms with Crippen LogP contribution in [-0.2, 0) is 9.14 Å². The molecule has 3 nitrogen and oxygen atoms in total. The van der Waals surface area contributed by atoms with Crippen molar-refractivity contribution < 1.29 is 14.2 Å². The van der Waals surface area contributed by atoms with Crippen molar-refractivity contribution in [3.63, 3.8) is 0 Å². The van der Waals surface area contributed by atoms with Gasteiger partial charge < -0.3 is 14.2 Å². The second-order valence-electron chi connectivity index (χ2n) is 0.944. The topological polar surface area (TPSA) is 38.7 Å². The summed E-state index contributed by atoms with van der Waals surface area (Å²) >= 11 is 0. The molecule has 0 aliphatic rings. The highest BCUT2D eigenvalue weighted by Crippen LogP contribution is 1.64. The van der Waals surface area contributed by atoms with Crippen molar-refractivity contribution in [3.05, 3.63) is 0 Å². The van der Waals surface area contributed by atoms with Gasteiger partial charge in [-0.1, -0.05) is 6.82 Å². The Bertz CT molecular complexity index is 29.4. The molecule has 7 heavy (non-hydrogen) atoms. The fourth-order valence-corrected chi connectivity index (χ4v) is 0.180. The van der Waals surface area contributed by atoms with Gasteiger partial charge in [0.1, 0.15) is 0 Å². The molecule has 6 heteroatoms. The zero-order chi connectivity index (χ0) is 5.54. The molecule has 0 aromatic carbocycles. The van der Waals surface area contributed by atoms with Gasteiger partial charge >= 0.3 is 15.4 Å². The van der Waals surface area contributed by atoms with E-state index in [0.717, 1.165) is 0 Å². The predicted octanol–water partition coefficient (Wildman–Crippen LogP) is -2.06. The van der Waals surface area contributed by atoms with Gasteiger partial charge in [0.15, 0.2) is 0 Å². The molecular formula is CH7B3O3. The molecule has 0 aromatic rings. The summed E-state index contributed by atoms with van der Waals surface area (Å²) in [6.07, 6.45) is 0. The van der Waals surface area contributed by atoms with Crippen molar-refractivity contribution in [2.75, 3.05) is 0 Å². The second kappa shape index (κ2) is 6.07. The molecule has 1 N–H and O–H groups in total. The summed E-state index contributed by atoms with van der Waals surface area (Å²) in [4.78, 5) is 0. The molecular weight excluding hydrogens is 92.4 g/mol. The normalized spacial score (nSPS) is 7.71. The molecule has 0 saturated carbocycles. The quantitative estimate of drug-likeness (QED) is 0.326. The molecule has 0 heterocycles. The van der Waals surface area contributed by atoms with Crippen LogP contribution in [0.1, 0.15) is 0 Å². The highest BCUT2D eigenvalue weighted by Gasteiger charge is 1.87. The monoisotopic (exact) mass is 100 g/mol. The van der Waals surface area contributed by atoms with Crippen LogP contribution < -0.4 is 0 Å². The number of hydrogen-bond donors (Lipinski definition) is 1. The van der Waals surface area contributed by atoms with E-state index in [4.69, 9.17) is 9.60 Å². The smallest absolute Gasteiger partial charge is 0.421 e. The van der Waals surface area contributed by atoms with Crippen molar-refractivity contribution in [2.24, 2.45) is 0 Å². The van der Waals surface area contributed by atoms with Gasteiger partial charge in [0.05, 0.1) is 0 Å². The molecule has 0 saturated heterocycles. The Kier molecular flexibility index (Phi) is 6.14. The third kappa shape index (κ3) is 6.07. The molecule has 38 valence electrons. The first-order chi connectivity index (χ1) is 3.41. The minimum Gasteiger partial charge on any atom is -0.481 e. The lowest BCUT2D eigenvalue weighted by Crippen LogP contribution is -2.08. The molecule has 0 bridgehead atoms. The Balaban J connectivity index is 2.45. The average molecular weight is 99.5 g/mol. The Labute approximate surface area is 44.9 Å². The summed E-state index contributed by atoms with van der Waals surface area (Å²) in [5.74, 6) is 0. The standard InChI is InChI=1S/CH7B3O3/c1-2-6-4-7-3-5/h2-5H,1H3. The van der Waals surface area contributed by atoms with E-state index in [-0.39, 0.29) is 15.4 Å². The van der Waals surface area contributed by atoms with E-state index in [1.165, 1.54) is 0 Å². The van der Waals surface area contributed by atoms with Gasteiger partial charge in [-0.25, -0.2) is 0 Å². The van der Waals surface area contributed by atoms with Crippen LogP contribution in [0.25, 0.3) is 0 Å². The highest BCUT2D eigenvalue weighted by atomic mass is 16.6. The second-order valence-corrected chi connectivity index (χ2v) is 0.944. The number of rotatable bonds is 4. The summed E-state index contributed by atoms with van der Waals surface area (Å²) in [6, 6.07) is 0. The van der Waals surface area contributed by atoms with Crippen molar-refractivity contribution in [1.29, 1.82) is 0 Å². The Morgan fingerprint density at radius 1 is 1.43 bits per heavy atom. The molecule has 0 spiro atoms. The van der Waals surface area contributed by atoms with E-state index in [2.05, 4.69) is 4.57 Å². The SMILES string of the molecule is CBOBOBO. The van der Waals surface area contributed by atoms with Gasteiger partial charge in [0, 0.05) is 0 Å². The van der Waals surface area contributed by atoms with Gasteiger partial charge in [-0.15, -0.1) is 0 Å². The largest absolute Gasteiger partial charge is 0.481 e. The van der Waals surface area contributed by atoms with Gasteiger partial charge in [-0.3, -0.25) is 0 Å². The van der Waals surface area contributed by atoms with Crippen LogP contribution in [0.3, 0.4) is 0 Å². The fourth-order valence-electron chi connectivity index (χ4n) is 0.180. The summed E-state index contributed by atoms with van der Waals surface area (Å²) < 4.78 is 9.10. The maximum absolute atomic E-state index is 7.99. The Morgan fingerprint density at radius 3 is 2.57 bits per heavy atom. The third-order valence-corrected chi connectivity index (χ3v) is 0.462. The van der Waals surface area contributed by atoms with Crippen LogP contribution in [0, 0.1) is 0 Å². The first-order valence-electron chi connectivity index (χ1n) is 2.18. The molecule has 0 aliphatic carbocycles. The molecule has 0 rings (SSSR count). The lowest BCUT2D eigenvalue weighted by atomic mass is 10.1. The Morgan fingerprint density at radius 2 is 2.14 bits per heavy atom. The van der Waals surface area contributed by atoms with Crippen molar-refractivity contribution in [1.82, 2.24) is 0 Å². The summed E-state index contributed by atoms with van der Waals surface area (Å²) in [6.45, 7) is 1.86. The highest BCUT2D eigenvalue weighted by molar-refractivity contribution is 6.42. The predicted molar refractivity (Wildman–Crippen MR) is 31.7 cm³/mol. The van der Waals surface area contributed by atoms with Crippen molar-refractivity contribution in [2.45, 2.75) is 6.82 Å². The first-order valence-corrected chi connectivity index (χ1v) is 2.18. The summed E-state index contributed by atoms with van der Waals surface area (Å²) in [7, 11) is 0.549. The van der Waals surface area contributed by atoms with Crippen LogP contribution in [0.5, 0.6) is 0 Å². The zero-order valence-electron chi connectivity index (χ0n) is 4.39. The molecule has 0 radical (unpaired) electrons. The molecule has 0 fully saturated rings. The molecule has 0 aromatic heterocycles. The summed E-state index contributed by atoms with van der Waals surface area (Å²) in [5, 5.41) is 7.99. The first kappa shape index (κ1) is 7.07. The molecule has 0 atom stereocenters. The van der Waals surface area contributed by atoms with Crippen molar-refractivity contribution in [3.8, 4) is 0 Å². The van der Waals surface area contributed by atoms with E-state index < -0.39 is 0 Å². The van der Waals surface area contributed by atoms with E-state index in [0.29, 0.717) is 7.48 Å². The third-order valence-electron chi connectivity index (χ3n) is 0.462.